The van der Waals surface area contributed by atoms with Gasteiger partial charge in [0.1, 0.15) is 123 Å². The topological polar surface area (TPSA) is 533 Å². The molecule has 4 heterocycles. The van der Waals surface area contributed by atoms with Gasteiger partial charge in [0, 0.05) is 13.3 Å². The Morgan fingerprint density at radius 1 is 0.623 bits per heavy atom. The number of nitrogens with one attached hydrogen (secondary N) is 2. The van der Waals surface area contributed by atoms with Gasteiger partial charge in [0.05, 0.1) is 51.8 Å². The number of aliphatic hydroxyl groups is 18. The molecule has 25 atom stereocenters. The number of carbonyl (C=O) groups excluding carboxylic acids is 2. The number of hydrogen-bond acceptors (Lipinski definition) is 29. The van der Waals surface area contributed by atoms with Gasteiger partial charge in [0.2, 0.25) is 11.8 Å². The molecule has 0 saturated carbocycles. The molecule has 32 nitrogen and oxygen atoms in total. The van der Waals surface area contributed by atoms with Gasteiger partial charge in [0.15, 0.2) is 18.9 Å². The lowest BCUT2D eigenvalue weighted by molar-refractivity contribution is -0.388. The van der Waals surface area contributed by atoms with E-state index in [0.717, 1.165) is 6.92 Å². The zero-order valence-corrected chi connectivity index (χ0v) is 36.5. The summed E-state index contributed by atoms with van der Waals surface area (Å²) in [6.45, 7) is -6.88. The maximum Gasteiger partial charge on any atom is 0.364 e. The largest absolute Gasteiger partial charge is 0.477 e. The number of carboxylic acid groups (broad SMARTS) is 1. The van der Waals surface area contributed by atoms with E-state index < -0.39 is 223 Å². The molecule has 0 spiro atoms. The summed E-state index contributed by atoms with van der Waals surface area (Å²) in [6, 6.07) is -3.67. The van der Waals surface area contributed by atoms with E-state index in [2.05, 4.69) is 10.6 Å². The summed E-state index contributed by atoms with van der Waals surface area (Å²) >= 11 is 0. The second-order valence-corrected chi connectivity index (χ2v) is 16.6. The average molecular weight is 1020 g/mol. The van der Waals surface area contributed by atoms with Gasteiger partial charge < -0.3 is 146 Å². The fourth-order valence-electron chi connectivity index (χ4n) is 8.13. The normalized spacial score (nSPS) is 41.3. The van der Waals surface area contributed by atoms with Gasteiger partial charge in [-0.3, -0.25) is 9.59 Å². The van der Waals surface area contributed by atoms with Crippen LogP contribution in [0.25, 0.3) is 0 Å². The van der Waals surface area contributed by atoms with Crippen molar-refractivity contribution in [1.29, 1.82) is 0 Å². The molecule has 0 aromatic rings. The van der Waals surface area contributed by atoms with Gasteiger partial charge in [-0.05, 0) is 0 Å². The van der Waals surface area contributed by atoms with Crippen LogP contribution in [-0.2, 0) is 52.3 Å². The Morgan fingerprint density at radius 3 is 1.67 bits per heavy atom. The van der Waals surface area contributed by atoms with Crippen molar-refractivity contribution in [2.45, 2.75) is 166 Å². The molecule has 4 rings (SSSR count). The van der Waals surface area contributed by atoms with Gasteiger partial charge in [-0.25, -0.2) is 4.79 Å². The quantitative estimate of drug-likeness (QED) is 0.0452. The van der Waals surface area contributed by atoms with E-state index in [9.17, 15) is 111 Å². The summed E-state index contributed by atoms with van der Waals surface area (Å²) in [5, 5.41) is 203. The highest BCUT2D eigenvalue weighted by Crippen LogP contribution is 2.39. The minimum atomic E-state index is -3.24. The number of carbonyl (C=O) groups is 3. The Hall–Kier alpha value is -2.63. The van der Waals surface area contributed by atoms with Crippen molar-refractivity contribution in [3.8, 4) is 0 Å². The molecule has 4 aliphatic rings. The minimum Gasteiger partial charge on any atom is -0.477 e. The molecule has 69 heavy (non-hydrogen) atoms. The van der Waals surface area contributed by atoms with Crippen LogP contribution in [-0.4, -0.2) is 314 Å². The van der Waals surface area contributed by atoms with E-state index in [1.54, 1.807) is 0 Å². The standard InChI is InChI=1S/C37H64N2O30/c1-10(47)38-20-25(57)29(17(8-45)64-33(20)67-31-23(55)15(6-43)62-34(26(31)58)65-28(14(51)5-42)21(53)12(49)3-40)66-35-27(59)32(24(56)16(7-44)63-35)69-37(36(60)61)2-11(48)19(39-18(52)9-46)30(68-37)22(54)13(50)4-41/h11-17,19-35,40-46,48-51,53-59H,2-9H2,1H3,(H,38,47)(H,39,52)(H,60,61)/t11-,12-,13+,14+,15+,16+,17+,19+,20+,21+,22+,23-,24-,25+,26+,27+,28+,29+,30+,31-,32-,33-,34-,35-,37-/m0/s1. The van der Waals surface area contributed by atoms with Crippen molar-refractivity contribution in [3.63, 3.8) is 0 Å². The van der Waals surface area contributed by atoms with Crippen LogP contribution in [0.3, 0.4) is 0 Å². The molecule has 4 saturated heterocycles. The van der Waals surface area contributed by atoms with Crippen molar-refractivity contribution in [2.24, 2.45) is 0 Å². The lowest BCUT2D eigenvalue weighted by atomic mass is 9.88. The fourth-order valence-corrected chi connectivity index (χ4v) is 8.13. The van der Waals surface area contributed by atoms with Crippen molar-refractivity contribution in [1.82, 2.24) is 10.6 Å². The summed E-state index contributed by atoms with van der Waals surface area (Å²) in [6.07, 6.45) is -47.3. The number of rotatable bonds is 23. The van der Waals surface area contributed by atoms with Gasteiger partial charge in [-0.1, -0.05) is 0 Å². The number of amides is 2. The van der Waals surface area contributed by atoms with Crippen LogP contribution in [0.2, 0.25) is 0 Å². The highest BCUT2D eigenvalue weighted by atomic mass is 16.8. The highest BCUT2D eigenvalue weighted by Gasteiger charge is 2.61. The maximum absolute atomic E-state index is 12.9. The van der Waals surface area contributed by atoms with Crippen LogP contribution in [0.5, 0.6) is 0 Å². The number of aliphatic carboxylic acids is 1. The molecule has 402 valence electrons. The minimum absolute atomic E-state index is 0.912. The smallest absolute Gasteiger partial charge is 0.364 e. The molecule has 0 aliphatic carbocycles. The monoisotopic (exact) mass is 1020 g/mol. The third-order valence-electron chi connectivity index (χ3n) is 11.8. The van der Waals surface area contributed by atoms with E-state index in [4.69, 9.17) is 37.9 Å². The van der Waals surface area contributed by atoms with Crippen LogP contribution in [0.15, 0.2) is 0 Å². The Kier molecular flexibility index (Phi) is 22.1. The zero-order chi connectivity index (χ0) is 51.8. The third-order valence-corrected chi connectivity index (χ3v) is 11.8. The van der Waals surface area contributed by atoms with E-state index in [1.807, 2.05) is 0 Å². The summed E-state index contributed by atoms with van der Waals surface area (Å²) in [4.78, 5) is 37.5. The summed E-state index contributed by atoms with van der Waals surface area (Å²) in [5.74, 6) is -7.44. The van der Waals surface area contributed by atoms with Gasteiger partial charge in [0.25, 0.3) is 5.79 Å². The molecule has 0 aromatic carbocycles. The molecule has 0 unspecified atom stereocenters. The number of ether oxygens (including phenoxy) is 8. The predicted molar refractivity (Wildman–Crippen MR) is 211 cm³/mol. The number of carboxylic acids is 1. The number of hydrogen-bond donors (Lipinski definition) is 21. The summed E-state index contributed by atoms with van der Waals surface area (Å²) < 4.78 is 45.0. The van der Waals surface area contributed by atoms with Gasteiger partial charge in [-0.2, -0.15) is 0 Å². The third kappa shape index (κ3) is 13.3. The van der Waals surface area contributed by atoms with E-state index in [1.165, 1.54) is 0 Å². The molecule has 0 aromatic heterocycles. The van der Waals surface area contributed by atoms with Crippen LogP contribution in [0, 0.1) is 0 Å². The summed E-state index contributed by atoms with van der Waals surface area (Å²) in [5.41, 5.74) is 0. The lowest BCUT2D eigenvalue weighted by Crippen LogP contribution is -2.71. The Morgan fingerprint density at radius 2 is 1.14 bits per heavy atom. The summed E-state index contributed by atoms with van der Waals surface area (Å²) in [7, 11) is 0. The molecule has 4 fully saturated rings. The van der Waals surface area contributed by atoms with Gasteiger partial charge in [-0.15, -0.1) is 0 Å². The molecule has 2 amide bonds. The van der Waals surface area contributed by atoms with E-state index in [0.29, 0.717) is 0 Å². The Bertz CT molecular complexity index is 1630. The first kappa shape index (κ1) is 58.9. The molecular weight excluding hydrogens is 952 g/mol. The highest BCUT2D eigenvalue weighted by molar-refractivity contribution is 5.78. The number of aliphatic hydroxyl groups excluding tert-OH is 18. The first-order chi connectivity index (χ1) is 32.5. The van der Waals surface area contributed by atoms with Crippen LogP contribution >= 0.6 is 0 Å². The lowest BCUT2D eigenvalue weighted by Gasteiger charge is -2.51. The Labute approximate surface area is 389 Å². The van der Waals surface area contributed by atoms with Crippen LogP contribution < -0.4 is 10.6 Å². The van der Waals surface area contributed by atoms with Crippen LogP contribution in [0.4, 0.5) is 0 Å². The van der Waals surface area contributed by atoms with Crippen molar-refractivity contribution >= 4 is 17.8 Å². The van der Waals surface area contributed by atoms with E-state index in [-0.39, 0.29) is 0 Å². The second kappa shape index (κ2) is 25.8. The molecule has 21 N–H and O–H groups in total. The first-order valence-electron chi connectivity index (χ1n) is 21.3. The first-order valence-corrected chi connectivity index (χ1v) is 21.3. The van der Waals surface area contributed by atoms with Crippen LogP contribution in [0.1, 0.15) is 13.3 Å². The molecule has 32 heteroatoms. The zero-order valence-electron chi connectivity index (χ0n) is 36.5. The van der Waals surface area contributed by atoms with Crippen molar-refractivity contribution < 1.29 is 149 Å². The Balaban J connectivity index is 1.64. The predicted octanol–water partition coefficient (Wildman–Crippen LogP) is -13.8. The molecule has 0 radical (unpaired) electrons. The van der Waals surface area contributed by atoms with Crippen molar-refractivity contribution in [3.05, 3.63) is 0 Å². The fraction of sp³-hybridized carbons (Fsp3) is 0.919. The van der Waals surface area contributed by atoms with E-state index >= 15 is 0 Å². The average Bonchev–Trinajstić information content (AvgIpc) is 3.32. The van der Waals surface area contributed by atoms with Crippen molar-refractivity contribution in [2.75, 3.05) is 46.2 Å². The maximum atomic E-state index is 12.9. The van der Waals surface area contributed by atoms with Gasteiger partial charge >= 0.3 is 5.97 Å². The SMILES string of the molecule is CC(=O)N[C@H]1[C@H](O[C@H]2[C@@H](O)[C@@H](CO)O[C@@H](O[C@@H]([C@H](O)[C@@H](O)CO)[C@H](O)CO)[C@@H]2O)O[C@H](CO)[C@@H](O[C@@H]2O[C@H](CO)[C@H](O)[C@H](O[C@]3(C(=O)O)C[C@H](O)[C@@H](NC(=O)CO)[C@H]([C@H](O)[C@H](O)CO)O3)[C@H]2O)[C@@H]1O. The second-order valence-electron chi connectivity index (χ2n) is 16.6. The molecular formula is C37H64N2O30. The molecule has 0 bridgehead atoms. The molecule has 4 aliphatic heterocycles.